The summed E-state index contributed by atoms with van der Waals surface area (Å²) in [7, 11) is 1.24. The third kappa shape index (κ3) is 4.15. The number of ether oxygens (including phenoxy) is 1. The Morgan fingerprint density at radius 3 is 2.78 bits per heavy atom. The van der Waals surface area contributed by atoms with Gasteiger partial charge in [0.05, 0.1) is 12.9 Å². The normalized spacial score (nSPS) is 9.22. The number of esters is 1. The summed E-state index contributed by atoms with van der Waals surface area (Å²) in [5, 5.41) is 9.49. The Balaban J connectivity index is 2.85. The van der Waals surface area contributed by atoms with E-state index in [0.717, 1.165) is 11.8 Å². The van der Waals surface area contributed by atoms with E-state index >= 15 is 0 Å². The van der Waals surface area contributed by atoms with E-state index in [1.165, 1.54) is 26.2 Å². The molecule has 0 aromatic heterocycles. The van der Waals surface area contributed by atoms with Crippen LogP contribution in [0, 0.1) is 11.8 Å². The van der Waals surface area contributed by atoms with Crippen LogP contribution in [0.3, 0.4) is 0 Å². The van der Waals surface area contributed by atoms with Crippen molar-refractivity contribution in [1.29, 1.82) is 0 Å². The van der Waals surface area contributed by atoms with Gasteiger partial charge in [-0.3, -0.25) is 4.79 Å². The summed E-state index contributed by atoms with van der Waals surface area (Å²) in [6.45, 7) is 1.47. The molecule has 0 heterocycles. The van der Waals surface area contributed by atoms with Gasteiger partial charge in [0.1, 0.15) is 11.3 Å². The fraction of sp³-hybridized carbons (Fsp3) is 0.231. The second-order valence-electron chi connectivity index (χ2n) is 3.31. The molecule has 0 amide bonds. The predicted octanol–water partition coefficient (Wildman–Crippen LogP) is 1.81. The summed E-state index contributed by atoms with van der Waals surface area (Å²) in [6.07, 6.45) is 0. The zero-order chi connectivity index (χ0) is 13.5. The molecule has 1 N–H and O–H groups in total. The molecule has 0 fully saturated rings. The second kappa shape index (κ2) is 6.72. The summed E-state index contributed by atoms with van der Waals surface area (Å²) in [4.78, 5) is 22.0. The lowest BCUT2D eigenvalue weighted by atomic mass is 10.1. The summed E-state index contributed by atoms with van der Waals surface area (Å²) < 4.78 is 4.53. The van der Waals surface area contributed by atoms with Gasteiger partial charge < -0.3 is 9.84 Å². The summed E-state index contributed by atoms with van der Waals surface area (Å²) in [6, 6.07) is 4.42. The Hall–Kier alpha value is -1.93. The number of hydrogen-bond donors (Lipinski definition) is 1. The number of thioether (sulfide) groups is 1. The first-order valence-corrected chi connectivity index (χ1v) is 6.06. The van der Waals surface area contributed by atoms with Gasteiger partial charge in [-0.2, -0.15) is 0 Å². The van der Waals surface area contributed by atoms with Gasteiger partial charge in [-0.1, -0.05) is 23.6 Å². The molecule has 0 aliphatic carbocycles. The number of phenolic OH excluding ortho intramolecular Hbond substituents is 1. The molecule has 94 valence electrons. The molecule has 0 aliphatic rings. The average Bonchev–Trinajstić information content (AvgIpc) is 2.35. The Labute approximate surface area is 109 Å². The van der Waals surface area contributed by atoms with Crippen LogP contribution in [0.2, 0.25) is 0 Å². The number of aromatic hydroxyl groups is 1. The van der Waals surface area contributed by atoms with Gasteiger partial charge in [0, 0.05) is 12.5 Å². The number of methoxy groups -OCH3 is 1. The molecule has 0 unspecified atom stereocenters. The first kappa shape index (κ1) is 14.1. The minimum atomic E-state index is -0.616. The van der Waals surface area contributed by atoms with Crippen molar-refractivity contribution in [1.82, 2.24) is 0 Å². The van der Waals surface area contributed by atoms with Crippen LogP contribution < -0.4 is 0 Å². The third-order valence-corrected chi connectivity index (χ3v) is 2.68. The molecule has 4 nitrogen and oxygen atoms in total. The van der Waals surface area contributed by atoms with E-state index in [2.05, 4.69) is 16.6 Å². The highest BCUT2D eigenvalue weighted by Crippen LogP contribution is 2.18. The highest BCUT2D eigenvalue weighted by Gasteiger charge is 2.11. The number of carbonyl (C=O) groups excluding carboxylic acids is 2. The smallest absolute Gasteiger partial charge is 0.341 e. The highest BCUT2D eigenvalue weighted by molar-refractivity contribution is 8.13. The van der Waals surface area contributed by atoms with Gasteiger partial charge in [0.2, 0.25) is 0 Å². The zero-order valence-corrected chi connectivity index (χ0v) is 10.8. The molecule has 0 spiro atoms. The molecule has 1 rings (SSSR count). The molecule has 0 saturated carbocycles. The Morgan fingerprint density at radius 1 is 1.44 bits per heavy atom. The van der Waals surface area contributed by atoms with Gasteiger partial charge in [-0.05, 0) is 18.2 Å². The topological polar surface area (TPSA) is 63.6 Å². The van der Waals surface area contributed by atoms with Crippen LogP contribution in [-0.4, -0.2) is 29.1 Å². The van der Waals surface area contributed by atoms with E-state index < -0.39 is 5.97 Å². The summed E-state index contributed by atoms with van der Waals surface area (Å²) in [5.74, 6) is 5.23. The molecule has 0 aliphatic heterocycles. The van der Waals surface area contributed by atoms with E-state index in [0.29, 0.717) is 11.3 Å². The van der Waals surface area contributed by atoms with Gasteiger partial charge in [-0.15, -0.1) is 0 Å². The van der Waals surface area contributed by atoms with Crippen LogP contribution in [-0.2, 0) is 9.53 Å². The fourth-order valence-corrected chi connectivity index (χ4v) is 1.51. The molecular weight excluding hydrogens is 252 g/mol. The number of hydrogen-bond acceptors (Lipinski definition) is 5. The first-order valence-electron chi connectivity index (χ1n) is 5.08. The predicted molar refractivity (Wildman–Crippen MR) is 69.5 cm³/mol. The highest BCUT2D eigenvalue weighted by atomic mass is 32.2. The molecular formula is C13H12O4S. The van der Waals surface area contributed by atoms with Crippen molar-refractivity contribution in [2.24, 2.45) is 0 Å². The Bertz CT molecular complexity index is 526. The van der Waals surface area contributed by atoms with E-state index in [1.807, 2.05) is 0 Å². The average molecular weight is 264 g/mol. The van der Waals surface area contributed by atoms with Gasteiger partial charge in [0.25, 0.3) is 0 Å². The van der Waals surface area contributed by atoms with Crippen LogP contribution in [0.1, 0.15) is 22.8 Å². The molecule has 0 atom stereocenters. The number of carbonyl (C=O) groups is 2. The second-order valence-corrected chi connectivity index (χ2v) is 4.46. The SMILES string of the molecule is COC(=O)c1cc(C#CCSC(C)=O)ccc1O. The van der Waals surface area contributed by atoms with E-state index in [1.54, 1.807) is 6.07 Å². The quantitative estimate of drug-likeness (QED) is 0.652. The Kier molecular flexibility index (Phi) is 5.28. The largest absolute Gasteiger partial charge is 0.507 e. The maximum absolute atomic E-state index is 11.3. The summed E-state index contributed by atoms with van der Waals surface area (Å²) in [5.41, 5.74) is 0.654. The minimum absolute atomic E-state index is 0.00487. The third-order valence-electron chi connectivity index (χ3n) is 1.98. The summed E-state index contributed by atoms with van der Waals surface area (Å²) >= 11 is 1.12. The van der Waals surface area contributed by atoms with Crippen molar-refractivity contribution in [3.8, 4) is 17.6 Å². The van der Waals surface area contributed by atoms with Crippen molar-refractivity contribution in [2.75, 3.05) is 12.9 Å². The maximum atomic E-state index is 11.3. The van der Waals surface area contributed by atoms with Gasteiger partial charge >= 0.3 is 5.97 Å². The van der Waals surface area contributed by atoms with Crippen molar-refractivity contribution < 1.29 is 19.4 Å². The van der Waals surface area contributed by atoms with Crippen molar-refractivity contribution in [3.05, 3.63) is 29.3 Å². The molecule has 1 aromatic rings. The molecule has 0 bridgehead atoms. The lowest BCUT2D eigenvalue weighted by Crippen LogP contribution is -2.01. The van der Waals surface area contributed by atoms with Crippen LogP contribution in [0.25, 0.3) is 0 Å². The van der Waals surface area contributed by atoms with Crippen molar-refractivity contribution >= 4 is 22.8 Å². The van der Waals surface area contributed by atoms with Crippen molar-refractivity contribution in [2.45, 2.75) is 6.92 Å². The lowest BCUT2D eigenvalue weighted by Gasteiger charge is -2.02. The number of phenols is 1. The minimum Gasteiger partial charge on any atom is -0.507 e. The standard InChI is InChI=1S/C13H12O4S/c1-9(14)18-7-3-4-10-5-6-12(15)11(8-10)13(16)17-2/h5-6,8,15H,7H2,1-2H3. The number of rotatable bonds is 2. The first-order chi connectivity index (χ1) is 8.54. The zero-order valence-electron chi connectivity index (χ0n) is 10.0. The maximum Gasteiger partial charge on any atom is 0.341 e. The van der Waals surface area contributed by atoms with E-state index in [4.69, 9.17) is 0 Å². The van der Waals surface area contributed by atoms with Crippen LogP contribution in [0.15, 0.2) is 18.2 Å². The lowest BCUT2D eigenvalue weighted by molar-refractivity contribution is -0.109. The van der Waals surface area contributed by atoms with Gasteiger partial charge in [-0.25, -0.2) is 4.79 Å². The fourth-order valence-electron chi connectivity index (χ4n) is 1.16. The van der Waals surface area contributed by atoms with Crippen LogP contribution >= 0.6 is 11.8 Å². The van der Waals surface area contributed by atoms with E-state index in [-0.39, 0.29) is 16.4 Å². The molecule has 0 saturated heterocycles. The van der Waals surface area contributed by atoms with Crippen LogP contribution in [0.4, 0.5) is 0 Å². The monoisotopic (exact) mass is 264 g/mol. The van der Waals surface area contributed by atoms with Crippen molar-refractivity contribution in [3.63, 3.8) is 0 Å². The van der Waals surface area contributed by atoms with E-state index in [9.17, 15) is 14.7 Å². The number of benzene rings is 1. The van der Waals surface area contributed by atoms with Gasteiger partial charge in [0.15, 0.2) is 5.12 Å². The molecule has 1 aromatic carbocycles. The molecule has 0 radical (unpaired) electrons. The molecule has 5 heteroatoms. The van der Waals surface area contributed by atoms with Crippen LogP contribution in [0.5, 0.6) is 5.75 Å². The Morgan fingerprint density at radius 2 is 2.17 bits per heavy atom. The molecule has 18 heavy (non-hydrogen) atoms.